The van der Waals surface area contributed by atoms with E-state index in [0.717, 1.165) is 35.0 Å². The number of alkyl halides is 3. The fourth-order valence-corrected chi connectivity index (χ4v) is 4.55. The SMILES string of the molecule is O=C(Cc1cc(Cc2ncccc2-c2ncnc3c2C=CC3)ccc1F)c1ccc(Cl)c(C(F)(F)F)c1. The first-order chi connectivity index (χ1) is 17.7. The summed E-state index contributed by atoms with van der Waals surface area (Å²) in [5, 5.41) is -0.506. The molecule has 5 rings (SSSR count). The molecule has 1 aliphatic carbocycles. The lowest BCUT2D eigenvalue weighted by atomic mass is 9.96. The number of hydrogen-bond acceptors (Lipinski definition) is 4. The smallest absolute Gasteiger partial charge is 0.294 e. The van der Waals surface area contributed by atoms with Gasteiger partial charge in [0.1, 0.15) is 12.1 Å². The van der Waals surface area contributed by atoms with Crippen LogP contribution in [-0.4, -0.2) is 20.7 Å². The third-order valence-electron chi connectivity index (χ3n) is 6.13. The zero-order valence-electron chi connectivity index (χ0n) is 19.2. The average molecular weight is 524 g/mol. The monoisotopic (exact) mass is 523 g/mol. The third-order valence-corrected chi connectivity index (χ3v) is 6.46. The van der Waals surface area contributed by atoms with Crippen LogP contribution in [0.2, 0.25) is 5.02 Å². The third kappa shape index (κ3) is 5.15. The summed E-state index contributed by atoms with van der Waals surface area (Å²) in [5.41, 5.74) is 3.61. The molecule has 4 nitrogen and oxygen atoms in total. The van der Waals surface area contributed by atoms with Gasteiger partial charge in [0.05, 0.1) is 27.7 Å². The standard InChI is InChI=1S/C28H18ClF4N3O/c29-22-8-7-17(13-21(22)28(31,32)33)26(37)14-18-11-16(6-9-23(18)30)12-25-20(4-2-10-34-25)27-19-3-1-5-24(19)35-15-36-27/h1-4,6-11,13,15H,5,12,14H2. The van der Waals surface area contributed by atoms with E-state index in [1.165, 1.54) is 24.5 Å². The Kier molecular flexibility index (Phi) is 6.60. The van der Waals surface area contributed by atoms with Crippen LogP contribution >= 0.6 is 11.6 Å². The van der Waals surface area contributed by atoms with Gasteiger partial charge in [-0.15, -0.1) is 0 Å². The first kappa shape index (κ1) is 24.8. The average Bonchev–Trinajstić information content (AvgIpc) is 3.35. The molecule has 2 aromatic carbocycles. The van der Waals surface area contributed by atoms with E-state index in [1.54, 1.807) is 12.3 Å². The van der Waals surface area contributed by atoms with Gasteiger partial charge in [-0.1, -0.05) is 35.9 Å². The number of nitrogens with zero attached hydrogens (tertiary/aromatic N) is 3. The number of Topliss-reactive ketones (excluding diaryl/α,β-unsaturated/α-hetero) is 1. The van der Waals surface area contributed by atoms with Gasteiger partial charge >= 0.3 is 6.18 Å². The molecule has 0 saturated heterocycles. The molecule has 2 heterocycles. The second-order valence-electron chi connectivity index (χ2n) is 8.58. The van der Waals surface area contributed by atoms with Crippen molar-refractivity contribution in [2.45, 2.75) is 25.4 Å². The van der Waals surface area contributed by atoms with Crippen LogP contribution in [0, 0.1) is 5.82 Å². The van der Waals surface area contributed by atoms with Gasteiger partial charge < -0.3 is 0 Å². The lowest BCUT2D eigenvalue weighted by Gasteiger charge is -2.12. The van der Waals surface area contributed by atoms with Crippen molar-refractivity contribution in [2.24, 2.45) is 0 Å². The topological polar surface area (TPSA) is 55.7 Å². The highest BCUT2D eigenvalue weighted by Gasteiger charge is 2.34. The Labute approximate surface area is 214 Å². The van der Waals surface area contributed by atoms with Crippen molar-refractivity contribution in [3.63, 3.8) is 0 Å². The maximum absolute atomic E-state index is 14.6. The summed E-state index contributed by atoms with van der Waals surface area (Å²) in [6.07, 6.45) is 3.11. The molecule has 2 aromatic heterocycles. The minimum absolute atomic E-state index is 0.0781. The number of benzene rings is 2. The van der Waals surface area contributed by atoms with Crippen molar-refractivity contribution in [2.75, 3.05) is 0 Å². The molecule has 4 aromatic rings. The van der Waals surface area contributed by atoms with Gasteiger partial charge in [-0.3, -0.25) is 9.78 Å². The molecule has 0 aliphatic heterocycles. The Morgan fingerprint density at radius 2 is 1.86 bits per heavy atom. The summed E-state index contributed by atoms with van der Waals surface area (Å²) in [7, 11) is 0. The fraction of sp³-hybridized carbons (Fsp3) is 0.143. The lowest BCUT2D eigenvalue weighted by molar-refractivity contribution is -0.137. The molecule has 186 valence electrons. The second-order valence-corrected chi connectivity index (χ2v) is 8.99. The molecular formula is C28H18ClF4N3O. The van der Waals surface area contributed by atoms with Gasteiger partial charge in [0, 0.05) is 42.1 Å². The summed E-state index contributed by atoms with van der Waals surface area (Å²) in [5.74, 6) is -1.28. The van der Waals surface area contributed by atoms with E-state index < -0.39 is 34.8 Å². The summed E-state index contributed by atoms with van der Waals surface area (Å²) < 4.78 is 54.2. The number of fused-ring (bicyclic) bond motifs is 1. The predicted molar refractivity (Wildman–Crippen MR) is 132 cm³/mol. The van der Waals surface area contributed by atoms with E-state index in [2.05, 4.69) is 15.0 Å². The highest BCUT2D eigenvalue weighted by atomic mass is 35.5. The highest BCUT2D eigenvalue weighted by Crippen LogP contribution is 2.35. The Morgan fingerprint density at radius 1 is 1.03 bits per heavy atom. The summed E-state index contributed by atoms with van der Waals surface area (Å²) >= 11 is 5.65. The van der Waals surface area contributed by atoms with Gasteiger partial charge in [-0.2, -0.15) is 13.2 Å². The number of allylic oxidation sites excluding steroid dienone is 1. The molecule has 0 saturated carbocycles. The van der Waals surface area contributed by atoms with E-state index in [1.807, 2.05) is 24.3 Å². The molecule has 0 atom stereocenters. The van der Waals surface area contributed by atoms with Crippen LogP contribution in [0.5, 0.6) is 0 Å². The highest BCUT2D eigenvalue weighted by molar-refractivity contribution is 6.31. The number of hydrogen-bond donors (Lipinski definition) is 0. The Morgan fingerprint density at radius 3 is 2.68 bits per heavy atom. The zero-order chi connectivity index (χ0) is 26.2. The molecule has 1 aliphatic rings. The van der Waals surface area contributed by atoms with Crippen LogP contribution in [0.15, 0.2) is 67.1 Å². The molecule has 37 heavy (non-hydrogen) atoms. The van der Waals surface area contributed by atoms with E-state index in [-0.39, 0.29) is 11.1 Å². The van der Waals surface area contributed by atoms with Crippen LogP contribution in [-0.2, 0) is 25.4 Å². The van der Waals surface area contributed by atoms with Crippen LogP contribution in [0.4, 0.5) is 17.6 Å². The van der Waals surface area contributed by atoms with Crippen molar-refractivity contribution in [3.8, 4) is 11.3 Å². The van der Waals surface area contributed by atoms with Crippen molar-refractivity contribution in [1.82, 2.24) is 15.0 Å². The maximum Gasteiger partial charge on any atom is 0.417 e. The van der Waals surface area contributed by atoms with Gasteiger partial charge in [0.2, 0.25) is 0 Å². The molecular weight excluding hydrogens is 506 g/mol. The number of carbonyl (C=O) groups excluding carboxylic acids is 1. The van der Waals surface area contributed by atoms with E-state index >= 15 is 0 Å². The molecule has 0 bridgehead atoms. The summed E-state index contributed by atoms with van der Waals surface area (Å²) in [6.45, 7) is 0. The first-order valence-electron chi connectivity index (χ1n) is 11.3. The fourth-order valence-electron chi connectivity index (χ4n) is 4.33. The second kappa shape index (κ2) is 9.86. The quantitative estimate of drug-likeness (QED) is 0.203. The molecule has 9 heteroatoms. The van der Waals surface area contributed by atoms with Crippen molar-refractivity contribution >= 4 is 23.5 Å². The van der Waals surface area contributed by atoms with Crippen molar-refractivity contribution < 1.29 is 22.4 Å². The Balaban J connectivity index is 1.42. The number of aromatic nitrogens is 3. The predicted octanol–water partition coefficient (Wildman–Crippen LogP) is 6.94. The number of rotatable bonds is 6. The number of carbonyl (C=O) groups is 1. The van der Waals surface area contributed by atoms with Crippen molar-refractivity contribution in [3.05, 3.63) is 117 Å². The normalized spacial score (nSPS) is 12.6. The molecule has 0 spiro atoms. The van der Waals surface area contributed by atoms with E-state index in [0.29, 0.717) is 23.7 Å². The largest absolute Gasteiger partial charge is 0.417 e. The van der Waals surface area contributed by atoms with Gasteiger partial charge in [-0.05, 0) is 47.5 Å². The zero-order valence-corrected chi connectivity index (χ0v) is 19.9. The van der Waals surface area contributed by atoms with E-state index in [4.69, 9.17) is 11.6 Å². The van der Waals surface area contributed by atoms with Crippen LogP contribution in [0.25, 0.3) is 17.3 Å². The van der Waals surface area contributed by atoms with Gasteiger partial charge in [0.25, 0.3) is 0 Å². The van der Waals surface area contributed by atoms with Crippen LogP contribution in [0.1, 0.15) is 44.0 Å². The molecule has 0 radical (unpaired) electrons. The van der Waals surface area contributed by atoms with Crippen LogP contribution < -0.4 is 0 Å². The summed E-state index contributed by atoms with van der Waals surface area (Å²) in [4.78, 5) is 26.1. The minimum Gasteiger partial charge on any atom is -0.294 e. The summed E-state index contributed by atoms with van der Waals surface area (Å²) in [6, 6.07) is 11.0. The molecule has 0 fully saturated rings. The Hall–Kier alpha value is -3.91. The molecule has 0 amide bonds. The van der Waals surface area contributed by atoms with Gasteiger partial charge in [-0.25, -0.2) is 14.4 Å². The van der Waals surface area contributed by atoms with E-state index in [9.17, 15) is 22.4 Å². The maximum atomic E-state index is 14.6. The van der Waals surface area contributed by atoms with Crippen LogP contribution in [0.3, 0.4) is 0 Å². The minimum atomic E-state index is -4.71. The lowest BCUT2D eigenvalue weighted by Crippen LogP contribution is -2.10. The first-order valence-corrected chi connectivity index (χ1v) is 11.7. The molecule has 0 unspecified atom stereocenters. The number of halogens is 5. The van der Waals surface area contributed by atoms with Crippen molar-refractivity contribution in [1.29, 1.82) is 0 Å². The van der Waals surface area contributed by atoms with Gasteiger partial charge in [0.15, 0.2) is 5.78 Å². The molecule has 0 N–H and O–H groups in total. The Bertz CT molecular complexity index is 1550. The number of pyridine rings is 1. The number of ketones is 1.